The van der Waals surface area contributed by atoms with E-state index in [1.54, 1.807) is 6.20 Å². The van der Waals surface area contributed by atoms with Crippen molar-refractivity contribution in [3.63, 3.8) is 0 Å². The number of hydrogen-bond acceptors (Lipinski definition) is 3. The molecule has 0 spiro atoms. The molecule has 0 atom stereocenters. The Bertz CT molecular complexity index is 276. The maximum atomic E-state index is 5.53. The van der Waals surface area contributed by atoms with Crippen molar-refractivity contribution in [3.8, 4) is 0 Å². The number of hydrogen-bond donors (Lipinski definition) is 1. The van der Waals surface area contributed by atoms with Crippen molar-refractivity contribution >= 4 is 0 Å². The van der Waals surface area contributed by atoms with Gasteiger partial charge in [-0.05, 0) is 32.7 Å². The molecular formula is C9H14N2O. The summed E-state index contributed by atoms with van der Waals surface area (Å²) in [7, 11) is 0. The summed E-state index contributed by atoms with van der Waals surface area (Å²) >= 11 is 0. The number of oxazole rings is 1. The molecule has 3 heteroatoms. The normalized spacial score (nSPS) is 19.5. The van der Waals surface area contributed by atoms with Gasteiger partial charge in [-0.25, -0.2) is 4.98 Å². The first-order chi connectivity index (χ1) is 5.77. The van der Waals surface area contributed by atoms with Gasteiger partial charge in [0.25, 0.3) is 0 Å². The van der Waals surface area contributed by atoms with Gasteiger partial charge in [-0.2, -0.15) is 0 Å². The summed E-state index contributed by atoms with van der Waals surface area (Å²) < 4.78 is 5.50. The van der Waals surface area contributed by atoms with Gasteiger partial charge < -0.3 is 10.2 Å². The maximum absolute atomic E-state index is 5.53. The minimum absolute atomic E-state index is 0.211. The molecule has 1 aliphatic rings. The van der Waals surface area contributed by atoms with E-state index in [0.717, 1.165) is 24.6 Å². The second-order valence-corrected chi connectivity index (χ2v) is 3.60. The van der Waals surface area contributed by atoms with Crippen molar-refractivity contribution in [2.24, 2.45) is 5.73 Å². The third-order valence-electron chi connectivity index (χ3n) is 2.55. The number of nitrogens with zero attached hydrogens (tertiary/aromatic N) is 1. The lowest BCUT2D eigenvalue weighted by atomic mass is 10.0. The van der Waals surface area contributed by atoms with E-state index >= 15 is 0 Å². The molecule has 1 aliphatic carbocycles. The Morgan fingerprint density at radius 2 is 2.42 bits per heavy atom. The molecule has 0 amide bonds. The van der Waals surface area contributed by atoms with E-state index in [1.807, 2.05) is 6.92 Å². The van der Waals surface area contributed by atoms with Crippen molar-refractivity contribution in [1.29, 1.82) is 0 Å². The summed E-state index contributed by atoms with van der Waals surface area (Å²) in [5.74, 6) is 1.79. The van der Waals surface area contributed by atoms with Crippen molar-refractivity contribution < 1.29 is 4.42 Å². The highest BCUT2D eigenvalue weighted by molar-refractivity contribution is 5.16. The molecule has 0 bridgehead atoms. The van der Waals surface area contributed by atoms with Crippen molar-refractivity contribution in [3.05, 3.63) is 17.8 Å². The summed E-state index contributed by atoms with van der Waals surface area (Å²) in [6, 6.07) is 0. The number of aryl methyl sites for hydroxylation is 1. The fourth-order valence-corrected chi connectivity index (χ4v) is 1.60. The van der Waals surface area contributed by atoms with E-state index in [1.165, 1.54) is 12.8 Å². The molecule has 66 valence electrons. The van der Waals surface area contributed by atoms with Gasteiger partial charge in [-0.15, -0.1) is 0 Å². The molecule has 0 aliphatic heterocycles. The fourth-order valence-electron chi connectivity index (χ4n) is 1.60. The number of nitrogens with two attached hydrogens (primary N) is 1. The van der Waals surface area contributed by atoms with E-state index in [0.29, 0.717) is 0 Å². The topological polar surface area (TPSA) is 52.0 Å². The lowest BCUT2D eigenvalue weighted by Gasteiger charge is -2.07. The van der Waals surface area contributed by atoms with E-state index in [2.05, 4.69) is 4.98 Å². The Morgan fingerprint density at radius 1 is 1.67 bits per heavy atom. The third-order valence-corrected chi connectivity index (χ3v) is 2.55. The van der Waals surface area contributed by atoms with Gasteiger partial charge in [0.15, 0.2) is 0 Å². The van der Waals surface area contributed by atoms with Gasteiger partial charge in [-0.1, -0.05) is 0 Å². The predicted octanol–water partition coefficient (Wildman–Crippen LogP) is 1.36. The van der Waals surface area contributed by atoms with Crippen LogP contribution in [0.4, 0.5) is 0 Å². The molecule has 0 unspecified atom stereocenters. The molecular weight excluding hydrogens is 152 g/mol. The average molecular weight is 166 g/mol. The second-order valence-electron chi connectivity index (χ2n) is 3.60. The van der Waals surface area contributed by atoms with Gasteiger partial charge in [0.1, 0.15) is 5.76 Å². The monoisotopic (exact) mass is 166 g/mol. The van der Waals surface area contributed by atoms with Crippen LogP contribution in [-0.4, -0.2) is 11.5 Å². The summed E-state index contributed by atoms with van der Waals surface area (Å²) in [5.41, 5.74) is 5.74. The minimum atomic E-state index is 0.211. The minimum Gasteiger partial charge on any atom is -0.445 e. The van der Waals surface area contributed by atoms with Gasteiger partial charge in [-0.3, -0.25) is 0 Å². The highest BCUT2D eigenvalue weighted by atomic mass is 16.4. The predicted molar refractivity (Wildman–Crippen MR) is 45.8 cm³/mol. The van der Waals surface area contributed by atoms with Crippen molar-refractivity contribution in [1.82, 2.24) is 4.98 Å². The summed E-state index contributed by atoms with van der Waals surface area (Å²) in [6.07, 6.45) is 5.16. The molecule has 12 heavy (non-hydrogen) atoms. The van der Waals surface area contributed by atoms with Crippen LogP contribution in [0, 0.1) is 6.92 Å². The van der Waals surface area contributed by atoms with Crippen LogP contribution < -0.4 is 5.73 Å². The maximum Gasteiger partial charge on any atom is 0.200 e. The van der Waals surface area contributed by atoms with Crippen LogP contribution in [0.3, 0.4) is 0 Å². The van der Waals surface area contributed by atoms with Gasteiger partial charge in [0.05, 0.1) is 6.20 Å². The molecule has 1 aromatic rings. The molecule has 0 radical (unpaired) electrons. The van der Waals surface area contributed by atoms with Gasteiger partial charge in [0, 0.05) is 5.41 Å². The van der Waals surface area contributed by atoms with E-state index in [-0.39, 0.29) is 5.41 Å². The Labute approximate surface area is 72.0 Å². The molecule has 1 aromatic heterocycles. The van der Waals surface area contributed by atoms with Crippen LogP contribution in [0.5, 0.6) is 0 Å². The smallest absolute Gasteiger partial charge is 0.200 e. The van der Waals surface area contributed by atoms with Crippen LogP contribution >= 0.6 is 0 Å². The number of rotatable bonds is 3. The largest absolute Gasteiger partial charge is 0.445 e. The highest BCUT2D eigenvalue weighted by Gasteiger charge is 2.47. The van der Waals surface area contributed by atoms with Crippen LogP contribution in [-0.2, 0) is 5.41 Å². The first-order valence-electron chi connectivity index (χ1n) is 4.40. The van der Waals surface area contributed by atoms with Crippen LogP contribution in [0.1, 0.15) is 30.9 Å². The highest BCUT2D eigenvalue weighted by Crippen LogP contribution is 2.50. The Balaban J connectivity index is 2.18. The lowest BCUT2D eigenvalue weighted by Crippen LogP contribution is -2.13. The molecule has 2 rings (SSSR count). The molecule has 3 nitrogen and oxygen atoms in total. The van der Waals surface area contributed by atoms with Crippen molar-refractivity contribution in [2.45, 2.75) is 31.6 Å². The van der Waals surface area contributed by atoms with E-state index in [9.17, 15) is 0 Å². The zero-order chi connectivity index (χ0) is 8.60. The summed E-state index contributed by atoms with van der Waals surface area (Å²) in [4.78, 5) is 4.25. The summed E-state index contributed by atoms with van der Waals surface area (Å²) in [5, 5.41) is 0. The fraction of sp³-hybridized carbons (Fsp3) is 0.667. The van der Waals surface area contributed by atoms with E-state index < -0.39 is 0 Å². The van der Waals surface area contributed by atoms with Crippen LogP contribution in [0.15, 0.2) is 10.6 Å². The quantitative estimate of drug-likeness (QED) is 0.737. The Morgan fingerprint density at radius 3 is 2.83 bits per heavy atom. The molecule has 2 N–H and O–H groups in total. The van der Waals surface area contributed by atoms with Gasteiger partial charge >= 0.3 is 0 Å². The molecule has 1 heterocycles. The summed E-state index contributed by atoms with van der Waals surface area (Å²) in [6.45, 7) is 2.65. The zero-order valence-corrected chi connectivity index (χ0v) is 7.34. The third kappa shape index (κ3) is 1.14. The van der Waals surface area contributed by atoms with Crippen LogP contribution in [0.25, 0.3) is 0 Å². The van der Waals surface area contributed by atoms with Crippen molar-refractivity contribution in [2.75, 3.05) is 6.54 Å². The first-order valence-corrected chi connectivity index (χ1v) is 4.40. The molecule has 1 fully saturated rings. The standard InChI is InChI=1S/C9H14N2O/c1-7-6-11-8(12-7)9(2-3-9)4-5-10/h6H,2-5,10H2,1H3. The lowest BCUT2D eigenvalue weighted by molar-refractivity contribution is 0.406. The number of aromatic nitrogens is 1. The second kappa shape index (κ2) is 2.59. The van der Waals surface area contributed by atoms with Gasteiger partial charge in [0.2, 0.25) is 5.89 Å². The first kappa shape index (κ1) is 7.80. The van der Waals surface area contributed by atoms with Crippen LogP contribution in [0.2, 0.25) is 0 Å². The molecule has 0 aromatic carbocycles. The SMILES string of the molecule is Cc1cnc(C2(CCN)CC2)o1. The zero-order valence-electron chi connectivity index (χ0n) is 7.34. The molecule has 1 saturated carbocycles. The van der Waals surface area contributed by atoms with E-state index in [4.69, 9.17) is 10.2 Å². The molecule has 0 saturated heterocycles. The Hall–Kier alpha value is -0.830. The average Bonchev–Trinajstić information content (AvgIpc) is 2.69. The Kier molecular flexibility index (Phi) is 1.68.